The molecule has 0 saturated heterocycles. The van der Waals surface area contributed by atoms with Gasteiger partial charge in [0.2, 0.25) is 0 Å². The van der Waals surface area contributed by atoms with Crippen LogP contribution >= 0.6 is 15.9 Å². The van der Waals surface area contributed by atoms with Crippen LogP contribution in [0.4, 0.5) is 4.79 Å². The molecule has 0 aliphatic carbocycles. The molecule has 86 valence electrons. The van der Waals surface area contributed by atoms with Crippen LogP contribution in [0.25, 0.3) is 0 Å². The highest BCUT2D eigenvalue weighted by atomic mass is 79.9. The van der Waals surface area contributed by atoms with Gasteiger partial charge in [0.05, 0.1) is 13.1 Å². The van der Waals surface area contributed by atoms with Crippen molar-refractivity contribution in [2.24, 2.45) is 0 Å². The number of nitrogens with zero attached hydrogens (tertiary/aromatic N) is 1. The number of ether oxygens (including phenoxy) is 1. The number of fused-ring (bicyclic) bond motifs is 1. The van der Waals surface area contributed by atoms with Crippen molar-refractivity contribution in [3.05, 3.63) is 28.2 Å². The normalized spacial score (nSPS) is 14.8. The quantitative estimate of drug-likeness (QED) is 0.792. The van der Waals surface area contributed by atoms with Crippen LogP contribution in [-0.4, -0.2) is 31.1 Å². The molecule has 5 heteroatoms. The molecule has 1 aromatic rings. The Kier molecular flexibility index (Phi) is 3.33. The largest absolute Gasteiger partial charge is 0.491 e. The van der Waals surface area contributed by atoms with Crippen LogP contribution in [0.3, 0.4) is 0 Å². The van der Waals surface area contributed by atoms with Crippen LogP contribution in [0.2, 0.25) is 0 Å². The van der Waals surface area contributed by atoms with Crippen molar-refractivity contribution in [1.82, 2.24) is 10.2 Å². The molecular weight excluding hydrogens is 272 g/mol. The molecule has 1 N–H and O–H groups in total. The average molecular weight is 285 g/mol. The second-order valence-electron chi connectivity index (χ2n) is 3.58. The monoisotopic (exact) mass is 284 g/mol. The minimum Gasteiger partial charge on any atom is -0.491 e. The fourth-order valence-corrected chi connectivity index (χ4v) is 2.10. The van der Waals surface area contributed by atoms with Crippen molar-refractivity contribution >= 4 is 22.0 Å². The van der Waals surface area contributed by atoms with Gasteiger partial charge < -0.3 is 15.0 Å². The molecule has 0 aromatic heterocycles. The Morgan fingerprint density at radius 2 is 2.38 bits per heavy atom. The smallest absolute Gasteiger partial charge is 0.317 e. The molecule has 0 atom stereocenters. The number of rotatable bonds is 0. The van der Waals surface area contributed by atoms with Crippen LogP contribution in [0.5, 0.6) is 5.75 Å². The molecule has 16 heavy (non-hydrogen) atoms. The number of amides is 2. The molecule has 0 radical (unpaired) electrons. The van der Waals surface area contributed by atoms with Crippen LogP contribution in [0.1, 0.15) is 5.56 Å². The summed E-state index contributed by atoms with van der Waals surface area (Å²) < 4.78 is 6.58. The maximum absolute atomic E-state index is 11.6. The van der Waals surface area contributed by atoms with Gasteiger partial charge in [0.1, 0.15) is 12.4 Å². The lowest BCUT2D eigenvalue weighted by atomic mass is 10.2. The lowest BCUT2D eigenvalue weighted by Gasteiger charge is -2.18. The number of benzene rings is 1. The maximum Gasteiger partial charge on any atom is 0.317 e. The first-order chi connectivity index (χ1) is 7.70. The third kappa shape index (κ3) is 2.29. The van der Waals surface area contributed by atoms with Crippen LogP contribution in [-0.2, 0) is 6.54 Å². The molecule has 1 aromatic carbocycles. The van der Waals surface area contributed by atoms with Gasteiger partial charge in [-0.15, -0.1) is 0 Å². The van der Waals surface area contributed by atoms with Gasteiger partial charge in [-0.25, -0.2) is 4.79 Å². The molecule has 1 aliphatic rings. The fourth-order valence-electron chi connectivity index (χ4n) is 1.69. The van der Waals surface area contributed by atoms with E-state index >= 15 is 0 Å². The summed E-state index contributed by atoms with van der Waals surface area (Å²) in [4.78, 5) is 13.3. The predicted molar refractivity (Wildman–Crippen MR) is 64.5 cm³/mol. The first kappa shape index (κ1) is 11.3. The molecular formula is C11H13BrN2O2. The zero-order chi connectivity index (χ0) is 11.5. The van der Waals surface area contributed by atoms with Gasteiger partial charge in [-0.2, -0.15) is 0 Å². The fraction of sp³-hybridized carbons (Fsp3) is 0.364. The summed E-state index contributed by atoms with van der Waals surface area (Å²) in [5.74, 6) is 0.856. The number of hydrogen-bond acceptors (Lipinski definition) is 2. The van der Waals surface area contributed by atoms with E-state index in [1.807, 2.05) is 18.2 Å². The first-order valence-electron chi connectivity index (χ1n) is 5.08. The summed E-state index contributed by atoms with van der Waals surface area (Å²) in [6, 6.07) is 5.77. The molecule has 0 fully saturated rings. The van der Waals surface area contributed by atoms with Gasteiger partial charge in [-0.3, -0.25) is 0 Å². The van der Waals surface area contributed by atoms with E-state index in [1.54, 1.807) is 11.9 Å². The van der Waals surface area contributed by atoms with Gasteiger partial charge in [0, 0.05) is 17.1 Å². The van der Waals surface area contributed by atoms with Gasteiger partial charge in [-0.05, 0) is 18.2 Å². The Bertz CT molecular complexity index is 409. The van der Waals surface area contributed by atoms with E-state index in [9.17, 15) is 4.79 Å². The molecule has 0 bridgehead atoms. The SMILES string of the molecule is CNC(=O)N1CCOc2ccc(Br)cc2C1. The summed E-state index contributed by atoms with van der Waals surface area (Å²) in [6.45, 7) is 1.71. The highest BCUT2D eigenvalue weighted by molar-refractivity contribution is 9.10. The van der Waals surface area contributed by atoms with E-state index in [2.05, 4.69) is 21.2 Å². The Hall–Kier alpha value is -1.23. The Labute approximate surface area is 103 Å². The van der Waals surface area contributed by atoms with Crippen molar-refractivity contribution < 1.29 is 9.53 Å². The standard InChI is InChI=1S/C11H13BrN2O2/c1-13-11(15)14-4-5-16-10-3-2-9(12)6-8(10)7-14/h2-3,6H,4-5,7H2,1H3,(H,13,15). The van der Waals surface area contributed by atoms with E-state index in [1.165, 1.54) is 0 Å². The number of hydrogen-bond donors (Lipinski definition) is 1. The third-order valence-corrected chi connectivity index (χ3v) is 3.00. The Morgan fingerprint density at radius 3 is 3.12 bits per heavy atom. The van der Waals surface area contributed by atoms with E-state index in [4.69, 9.17) is 4.74 Å². The summed E-state index contributed by atoms with van der Waals surface area (Å²) in [6.07, 6.45) is 0. The second kappa shape index (κ2) is 4.74. The molecule has 0 unspecified atom stereocenters. The molecule has 0 saturated carbocycles. The predicted octanol–water partition coefficient (Wildman–Crippen LogP) is 1.98. The maximum atomic E-state index is 11.6. The van der Waals surface area contributed by atoms with Crippen molar-refractivity contribution in [3.63, 3.8) is 0 Å². The Balaban J connectivity index is 2.25. The lowest BCUT2D eigenvalue weighted by Crippen LogP contribution is -2.38. The highest BCUT2D eigenvalue weighted by Crippen LogP contribution is 2.26. The van der Waals surface area contributed by atoms with Crippen molar-refractivity contribution in [2.75, 3.05) is 20.2 Å². The number of halogens is 1. The summed E-state index contributed by atoms with van der Waals surface area (Å²) in [5.41, 5.74) is 1.02. The molecule has 4 nitrogen and oxygen atoms in total. The summed E-state index contributed by atoms with van der Waals surface area (Å²) >= 11 is 3.42. The van der Waals surface area contributed by atoms with Crippen molar-refractivity contribution in [3.8, 4) is 5.75 Å². The average Bonchev–Trinajstić information content (AvgIpc) is 2.49. The lowest BCUT2D eigenvalue weighted by molar-refractivity contribution is 0.190. The zero-order valence-electron chi connectivity index (χ0n) is 9.00. The molecule has 2 amide bonds. The number of nitrogens with one attached hydrogen (secondary N) is 1. The number of urea groups is 1. The summed E-state index contributed by atoms with van der Waals surface area (Å²) in [7, 11) is 1.63. The van der Waals surface area contributed by atoms with E-state index < -0.39 is 0 Å². The second-order valence-corrected chi connectivity index (χ2v) is 4.49. The van der Waals surface area contributed by atoms with Crippen molar-refractivity contribution in [2.45, 2.75) is 6.54 Å². The number of carbonyl (C=O) groups excluding carboxylic acids is 1. The van der Waals surface area contributed by atoms with Gasteiger partial charge in [0.25, 0.3) is 0 Å². The van der Waals surface area contributed by atoms with Gasteiger partial charge >= 0.3 is 6.03 Å². The van der Waals surface area contributed by atoms with E-state index in [0.29, 0.717) is 19.7 Å². The summed E-state index contributed by atoms with van der Waals surface area (Å²) in [5, 5.41) is 2.63. The van der Waals surface area contributed by atoms with Crippen LogP contribution < -0.4 is 10.1 Å². The van der Waals surface area contributed by atoms with E-state index in [-0.39, 0.29) is 6.03 Å². The van der Waals surface area contributed by atoms with Gasteiger partial charge in [-0.1, -0.05) is 15.9 Å². The van der Waals surface area contributed by atoms with Crippen LogP contribution in [0, 0.1) is 0 Å². The third-order valence-electron chi connectivity index (χ3n) is 2.50. The topological polar surface area (TPSA) is 41.6 Å². The molecule has 1 heterocycles. The molecule has 2 rings (SSSR count). The Morgan fingerprint density at radius 1 is 1.56 bits per heavy atom. The zero-order valence-corrected chi connectivity index (χ0v) is 10.6. The minimum atomic E-state index is -0.0728. The van der Waals surface area contributed by atoms with Gasteiger partial charge in [0.15, 0.2) is 0 Å². The molecule has 1 aliphatic heterocycles. The van der Waals surface area contributed by atoms with E-state index in [0.717, 1.165) is 15.8 Å². The first-order valence-corrected chi connectivity index (χ1v) is 5.88. The highest BCUT2D eigenvalue weighted by Gasteiger charge is 2.18. The van der Waals surface area contributed by atoms with Crippen molar-refractivity contribution in [1.29, 1.82) is 0 Å². The van der Waals surface area contributed by atoms with Crippen LogP contribution in [0.15, 0.2) is 22.7 Å². The minimum absolute atomic E-state index is 0.0728. The number of carbonyl (C=O) groups is 1. The molecule has 0 spiro atoms.